The summed E-state index contributed by atoms with van der Waals surface area (Å²) in [5, 5.41) is 0. The molecule has 0 amide bonds. The summed E-state index contributed by atoms with van der Waals surface area (Å²) in [6, 6.07) is 0. The van der Waals surface area contributed by atoms with E-state index in [1.54, 1.807) is 0 Å². The summed E-state index contributed by atoms with van der Waals surface area (Å²) >= 11 is 0. The molecular formula is C11H14O. The first kappa shape index (κ1) is 6.88. The van der Waals surface area contributed by atoms with Gasteiger partial charge >= 0.3 is 0 Å². The number of allylic oxidation sites excluding steroid dienone is 2. The van der Waals surface area contributed by atoms with Crippen molar-refractivity contribution in [2.45, 2.75) is 25.7 Å². The van der Waals surface area contributed by atoms with E-state index in [4.69, 9.17) is 0 Å². The summed E-state index contributed by atoms with van der Waals surface area (Å²) in [6.07, 6.45) is 9.52. The van der Waals surface area contributed by atoms with Gasteiger partial charge in [-0.15, -0.1) is 0 Å². The molecule has 0 aromatic heterocycles. The van der Waals surface area contributed by atoms with Crippen LogP contribution in [-0.2, 0) is 4.79 Å². The molecule has 0 aromatic rings. The average Bonchev–Trinajstić information content (AvgIpc) is 2.32. The number of carbonyl (C=O) groups excluding carboxylic acids is 1. The Morgan fingerprint density at radius 1 is 1.17 bits per heavy atom. The second-order valence-electron chi connectivity index (χ2n) is 4.50. The quantitative estimate of drug-likeness (QED) is 0.499. The Bertz CT molecular complexity index is 254. The van der Waals surface area contributed by atoms with Crippen LogP contribution in [0.3, 0.4) is 0 Å². The minimum Gasteiger partial charge on any atom is -0.299 e. The van der Waals surface area contributed by atoms with E-state index in [1.807, 2.05) is 0 Å². The van der Waals surface area contributed by atoms with Crippen LogP contribution in [0.2, 0.25) is 0 Å². The Balaban J connectivity index is 1.98. The van der Waals surface area contributed by atoms with E-state index in [-0.39, 0.29) is 0 Å². The van der Waals surface area contributed by atoms with Gasteiger partial charge in [0.2, 0.25) is 0 Å². The second-order valence-corrected chi connectivity index (χ2v) is 4.50. The molecule has 4 atom stereocenters. The van der Waals surface area contributed by atoms with E-state index >= 15 is 0 Å². The van der Waals surface area contributed by atoms with Crippen molar-refractivity contribution in [1.82, 2.24) is 0 Å². The van der Waals surface area contributed by atoms with E-state index < -0.39 is 0 Å². The molecule has 2 saturated carbocycles. The maximum atomic E-state index is 11.4. The van der Waals surface area contributed by atoms with Crippen LogP contribution in [-0.4, -0.2) is 5.78 Å². The number of hydrogen-bond acceptors (Lipinski definition) is 1. The van der Waals surface area contributed by atoms with Crippen LogP contribution in [0.5, 0.6) is 0 Å². The fourth-order valence-electron chi connectivity index (χ4n) is 3.27. The van der Waals surface area contributed by atoms with E-state index in [2.05, 4.69) is 12.2 Å². The van der Waals surface area contributed by atoms with Crippen LogP contribution in [0.4, 0.5) is 0 Å². The summed E-state index contributed by atoms with van der Waals surface area (Å²) in [7, 11) is 0. The van der Waals surface area contributed by atoms with Crippen LogP contribution in [0.25, 0.3) is 0 Å². The Morgan fingerprint density at radius 2 is 1.92 bits per heavy atom. The zero-order chi connectivity index (χ0) is 8.13. The van der Waals surface area contributed by atoms with E-state index in [9.17, 15) is 4.79 Å². The van der Waals surface area contributed by atoms with Gasteiger partial charge in [-0.2, -0.15) is 0 Å². The normalized spacial score (nSPS) is 49.8. The predicted molar refractivity (Wildman–Crippen MR) is 46.6 cm³/mol. The maximum absolute atomic E-state index is 11.4. The van der Waals surface area contributed by atoms with Gasteiger partial charge in [-0.25, -0.2) is 0 Å². The Kier molecular flexibility index (Phi) is 1.27. The molecule has 4 rings (SSSR count). The zero-order valence-corrected chi connectivity index (χ0v) is 7.20. The van der Waals surface area contributed by atoms with Gasteiger partial charge in [-0.3, -0.25) is 4.79 Å². The highest BCUT2D eigenvalue weighted by atomic mass is 16.1. The molecule has 0 saturated heterocycles. The lowest BCUT2D eigenvalue weighted by molar-refractivity contribution is -0.138. The number of ketones is 1. The SMILES string of the molecule is O=C1CC2C3C=CC(CCC3)C12. The second kappa shape index (κ2) is 2.21. The minimum atomic E-state index is 0.447. The molecule has 0 aromatic carbocycles. The number of rotatable bonds is 0. The van der Waals surface area contributed by atoms with Crippen molar-refractivity contribution in [3.05, 3.63) is 12.2 Å². The van der Waals surface area contributed by atoms with Gasteiger partial charge in [-0.1, -0.05) is 18.6 Å². The van der Waals surface area contributed by atoms with E-state index in [0.29, 0.717) is 17.6 Å². The molecule has 0 spiro atoms. The highest BCUT2D eigenvalue weighted by molar-refractivity contribution is 5.88. The Labute approximate surface area is 72.8 Å². The molecule has 4 unspecified atom stereocenters. The van der Waals surface area contributed by atoms with Gasteiger partial charge < -0.3 is 0 Å². The molecule has 0 aliphatic heterocycles. The molecule has 2 bridgehead atoms. The first-order chi connectivity index (χ1) is 5.86. The summed E-state index contributed by atoms with van der Waals surface area (Å²) in [6.45, 7) is 0. The number of fused-ring (bicyclic) bond motifs is 2. The molecular weight excluding hydrogens is 148 g/mol. The number of carbonyl (C=O) groups is 1. The van der Waals surface area contributed by atoms with Crippen LogP contribution in [0.1, 0.15) is 25.7 Å². The van der Waals surface area contributed by atoms with Gasteiger partial charge in [0.25, 0.3) is 0 Å². The molecule has 1 heteroatoms. The number of hydrogen-bond donors (Lipinski definition) is 0. The van der Waals surface area contributed by atoms with Gasteiger partial charge in [0.05, 0.1) is 0 Å². The largest absolute Gasteiger partial charge is 0.299 e. The van der Waals surface area contributed by atoms with Gasteiger partial charge in [0, 0.05) is 12.3 Å². The van der Waals surface area contributed by atoms with Gasteiger partial charge in [0.15, 0.2) is 0 Å². The molecule has 2 fully saturated rings. The van der Waals surface area contributed by atoms with E-state index in [0.717, 1.165) is 18.3 Å². The minimum absolute atomic E-state index is 0.447. The molecule has 0 N–H and O–H groups in total. The van der Waals surface area contributed by atoms with Gasteiger partial charge in [0.1, 0.15) is 5.78 Å². The standard InChI is InChI=1S/C11H14O/c12-10-6-9-7-2-1-3-8(5-4-7)11(9)10/h4-5,7-9,11H,1-3,6H2. The van der Waals surface area contributed by atoms with Crippen LogP contribution < -0.4 is 0 Å². The van der Waals surface area contributed by atoms with Crippen LogP contribution in [0.15, 0.2) is 12.2 Å². The third-order valence-electron chi connectivity index (χ3n) is 3.96. The van der Waals surface area contributed by atoms with Crippen molar-refractivity contribution in [1.29, 1.82) is 0 Å². The average molecular weight is 162 g/mol. The molecule has 12 heavy (non-hydrogen) atoms. The van der Waals surface area contributed by atoms with Crippen LogP contribution >= 0.6 is 0 Å². The Morgan fingerprint density at radius 3 is 2.75 bits per heavy atom. The van der Waals surface area contributed by atoms with Crippen LogP contribution in [0, 0.1) is 23.7 Å². The summed E-state index contributed by atoms with van der Waals surface area (Å²) in [5.74, 6) is 3.11. The monoisotopic (exact) mass is 162 g/mol. The Hall–Kier alpha value is -0.590. The third-order valence-corrected chi connectivity index (χ3v) is 3.96. The predicted octanol–water partition coefficient (Wildman–Crippen LogP) is 2.18. The first-order valence-corrected chi connectivity index (χ1v) is 5.07. The topological polar surface area (TPSA) is 17.1 Å². The molecule has 64 valence electrons. The lowest BCUT2D eigenvalue weighted by Crippen LogP contribution is -2.45. The molecule has 0 heterocycles. The fraction of sp³-hybridized carbons (Fsp3) is 0.727. The molecule has 0 radical (unpaired) electrons. The maximum Gasteiger partial charge on any atom is 0.137 e. The molecule has 4 aliphatic carbocycles. The van der Waals surface area contributed by atoms with Gasteiger partial charge in [-0.05, 0) is 30.6 Å². The smallest absolute Gasteiger partial charge is 0.137 e. The molecule has 1 nitrogen and oxygen atoms in total. The lowest BCUT2D eigenvalue weighted by Gasteiger charge is -2.43. The van der Waals surface area contributed by atoms with Crippen molar-refractivity contribution in [3.8, 4) is 0 Å². The van der Waals surface area contributed by atoms with Crippen molar-refractivity contribution in [3.63, 3.8) is 0 Å². The van der Waals surface area contributed by atoms with Crippen molar-refractivity contribution in [2.24, 2.45) is 23.7 Å². The summed E-state index contributed by atoms with van der Waals surface area (Å²) < 4.78 is 0. The third kappa shape index (κ3) is 0.720. The highest BCUT2D eigenvalue weighted by Crippen LogP contribution is 2.51. The van der Waals surface area contributed by atoms with E-state index in [1.165, 1.54) is 19.3 Å². The highest BCUT2D eigenvalue weighted by Gasteiger charge is 2.49. The lowest BCUT2D eigenvalue weighted by atomic mass is 9.59. The first-order valence-electron chi connectivity index (χ1n) is 5.07. The molecule has 4 aliphatic rings. The van der Waals surface area contributed by atoms with Crippen molar-refractivity contribution in [2.75, 3.05) is 0 Å². The zero-order valence-electron chi connectivity index (χ0n) is 7.20. The summed E-state index contributed by atoms with van der Waals surface area (Å²) in [5.41, 5.74) is 0. The van der Waals surface area contributed by atoms with Crippen molar-refractivity contribution < 1.29 is 4.79 Å². The summed E-state index contributed by atoms with van der Waals surface area (Å²) in [4.78, 5) is 11.4. The fourth-order valence-corrected chi connectivity index (χ4v) is 3.27. The number of Topliss-reactive ketones (excluding diaryl/α,β-unsaturated/α-hetero) is 1. The van der Waals surface area contributed by atoms with Crippen molar-refractivity contribution >= 4 is 5.78 Å².